The number of hydrogen-bond acceptors (Lipinski definition) is 3. The highest BCUT2D eigenvalue weighted by Gasteiger charge is 2.52. The lowest BCUT2D eigenvalue weighted by Crippen LogP contribution is -2.33. The van der Waals surface area contributed by atoms with E-state index in [9.17, 15) is 0 Å². The Morgan fingerprint density at radius 1 is 0.581 bits per heavy atom. The molecule has 2 atom stereocenters. The third-order valence-electron chi connectivity index (χ3n) is 7.02. The summed E-state index contributed by atoms with van der Waals surface area (Å²) >= 11 is 6.02. The number of nitrogens with zero attached hydrogens (tertiary/aromatic N) is 3. The standard InChI is InChI=1S/C27H20ClN3/c1-26-15-3-5-21(26)24-29-23(30-25(31-24)22-6-4-16-27(22,26)2)19-9-7-17(8-10-19)18-11-13-20(28)14-12-18/h3-16H,1-2H3. The maximum absolute atomic E-state index is 6.02. The summed E-state index contributed by atoms with van der Waals surface area (Å²) in [5, 5.41) is 0.738. The molecule has 2 bridgehead atoms. The Hall–Kier alpha value is -3.30. The van der Waals surface area contributed by atoms with Crippen LogP contribution in [0.4, 0.5) is 0 Å². The van der Waals surface area contributed by atoms with Gasteiger partial charge in [-0.1, -0.05) is 98.3 Å². The van der Waals surface area contributed by atoms with Crippen LogP contribution in [0.25, 0.3) is 33.7 Å². The van der Waals surface area contributed by atoms with Gasteiger partial charge in [-0.2, -0.15) is 0 Å². The van der Waals surface area contributed by atoms with E-state index in [-0.39, 0.29) is 10.8 Å². The second-order valence-electron chi connectivity index (χ2n) is 8.67. The van der Waals surface area contributed by atoms with Crippen molar-refractivity contribution in [1.82, 2.24) is 15.0 Å². The Morgan fingerprint density at radius 2 is 1.00 bits per heavy atom. The number of aromatic nitrogens is 3. The molecule has 0 spiro atoms. The van der Waals surface area contributed by atoms with E-state index < -0.39 is 0 Å². The van der Waals surface area contributed by atoms with Gasteiger partial charge in [-0.15, -0.1) is 0 Å². The molecule has 0 amide bonds. The fraction of sp³-hybridized carbons (Fsp3) is 0.148. The molecular weight excluding hydrogens is 402 g/mol. The van der Waals surface area contributed by atoms with Crippen LogP contribution in [0.1, 0.15) is 25.5 Å². The molecule has 1 aliphatic heterocycles. The van der Waals surface area contributed by atoms with Gasteiger partial charge < -0.3 is 0 Å². The first kappa shape index (κ1) is 18.5. The third-order valence-corrected chi connectivity index (χ3v) is 7.27. The number of rotatable bonds is 2. The highest BCUT2D eigenvalue weighted by molar-refractivity contribution is 6.30. The SMILES string of the molecule is CC12C=CC=C1c1nc(nc(-c3ccc(-c4ccc(Cl)cc4)cc3)n1)C1=CC=CC12C. The minimum absolute atomic E-state index is 0.195. The molecule has 3 nitrogen and oxygen atoms in total. The summed E-state index contributed by atoms with van der Waals surface area (Å²) in [6.07, 6.45) is 13.1. The summed E-state index contributed by atoms with van der Waals surface area (Å²) in [6.45, 7) is 4.54. The van der Waals surface area contributed by atoms with E-state index in [4.69, 9.17) is 26.6 Å². The second-order valence-corrected chi connectivity index (χ2v) is 9.11. The van der Waals surface area contributed by atoms with Crippen LogP contribution in [-0.2, 0) is 0 Å². The van der Waals surface area contributed by atoms with Crippen molar-refractivity contribution in [3.63, 3.8) is 0 Å². The quantitative estimate of drug-likeness (QED) is 0.457. The number of hydrogen-bond donors (Lipinski definition) is 0. The number of fused-ring (bicyclic) bond motifs is 7. The lowest BCUT2D eigenvalue weighted by molar-refractivity contribution is 0.353. The van der Waals surface area contributed by atoms with Crippen molar-refractivity contribution in [3.8, 4) is 22.5 Å². The summed E-state index contributed by atoms with van der Waals surface area (Å²) in [4.78, 5) is 14.6. The van der Waals surface area contributed by atoms with E-state index in [2.05, 4.69) is 74.6 Å². The minimum atomic E-state index is -0.195. The Bertz CT molecular complexity index is 1290. The van der Waals surface area contributed by atoms with Crippen molar-refractivity contribution in [1.29, 1.82) is 0 Å². The number of halogens is 1. The molecule has 4 heteroatoms. The summed E-state index contributed by atoms with van der Waals surface area (Å²) in [5.41, 5.74) is 5.14. The molecule has 2 heterocycles. The van der Waals surface area contributed by atoms with Crippen LogP contribution in [0.3, 0.4) is 0 Å². The molecule has 2 aliphatic carbocycles. The first-order chi connectivity index (χ1) is 15.0. The fourth-order valence-electron chi connectivity index (χ4n) is 4.92. The molecule has 3 aliphatic rings. The summed E-state index contributed by atoms with van der Waals surface area (Å²) in [5.74, 6) is 2.23. The molecule has 150 valence electrons. The zero-order valence-electron chi connectivity index (χ0n) is 17.3. The number of benzene rings is 2. The fourth-order valence-corrected chi connectivity index (χ4v) is 5.04. The van der Waals surface area contributed by atoms with Crippen molar-refractivity contribution in [2.45, 2.75) is 13.8 Å². The van der Waals surface area contributed by atoms with Gasteiger partial charge in [-0.05, 0) is 23.3 Å². The van der Waals surface area contributed by atoms with E-state index in [0.29, 0.717) is 5.82 Å². The van der Waals surface area contributed by atoms with Gasteiger partial charge in [0.2, 0.25) is 0 Å². The molecular formula is C27H20ClN3. The molecule has 0 fully saturated rings. The average molecular weight is 422 g/mol. The van der Waals surface area contributed by atoms with Gasteiger partial charge in [-0.25, -0.2) is 15.0 Å². The zero-order valence-corrected chi connectivity index (χ0v) is 18.1. The zero-order chi connectivity index (χ0) is 21.2. The second kappa shape index (κ2) is 6.35. The summed E-state index contributed by atoms with van der Waals surface area (Å²) < 4.78 is 0. The van der Waals surface area contributed by atoms with Gasteiger partial charge in [0.1, 0.15) is 0 Å². The topological polar surface area (TPSA) is 38.7 Å². The van der Waals surface area contributed by atoms with Crippen molar-refractivity contribution < 1.29 is 0 Å². The van der Waals surface area contributed by atoms with Crippen LogP contribution in [-0.4, -0.2) is 15.0 Å². The van der Waals surface area contributed by atoms with E-state index >= 15 is 0 Å². The van der Waals surface area contributed by atoms with Crippen LogP contribution in [0.15, 0.2) is 85.0 Å². The van der Waals surface area contributed by atoms with Gasteiger partial charge in [-0.3, -0.25) is 0 Å². The summed E-state index contributed by atoms with van der Waals surface area (Å²) in [6, 6.07) is 16.2. The van der Waals surface area contributed by atoms with Crippen LogP contribution in [0.5, 0.6) is 0 Å². The summed E-state index contributed by atoms with van der Waals surface area (Å²) in [7, 11) is 0. The van der Waals surface area contributed by atoms with Crippen molar-refractivity contribution in [2.24, 2.45) is 10.8 Å². The molecule has 3 aromatic rings. The Labute approximate surface area is 186 Å². The van der Waals surface area contributed by atoms with Gasteiger partial charge in [0.25, 0.3) is 0 Å². The third kappa shape index (κ3) is 2.56. The monoisotopic (exact) mass is 421 g/mol. The Kier molecular flexibility index (Phi) is 3.78. The lowest BCUT2D eigenvalue weighted by atomic mass is 9.60. The molecule has 0 saturated heterocycles. The van der Waals surface area contributed by atoms with Gasteiger partial charge in [0, 0.05) is 32.6 Å². The average Bonchev–Trinajstić information content (AvgIpc) is 3.38. The van der Waals surface area contributed by atoms with Crippen molar-refractivity contribution in [2.75, 3.05) is 0 Å². The molecule has 0 N–H and O–H groups in total. The van der Waals surface area contributed by atoms with Crippen LogP contribution < -0.4 is 0 Å². The highest BCUT2D eigenvalue weighted by Crippen LogP contribution is 2.61. The highest BCUT2D eigenvalue weighted by atomic mass is 35.5. The van der Waals surface area contributed by atoms with E-state index in [1.165, 1.54) is 0 Å². The molecule has 0 radical (unpaired) electrons. The first-order valence-electron chi connectivity index (χ1n) is 10.4. The maximum atomic E-state index is 6.02. The van der Waals surface area contributed by atoms with Crippen molar-refractivity contribution in [3.05, 3.63) is 102 Å². The predicted octanol–water partition coefficient (Wildman–Crippen LogP) is 6.79. The smallest absolute Gasteiger partial charge is 0.164 e. The lowest BCUT2D eigenvalue weighted by Gasteiger charge is -2.40. The van der Waals surface area contributed by atoms with Crippen molar-refractivity contribution >= 4 is 22.7 Å². The van der Waals surface area contributed by atoms with E-state index in [1.807, 2.05) is 24.3 Å². The van der Waals surface area contributed by atoms with Crippen LogP contribution in [0.2, 0.25) is 5.02 Å². The number of allylic oxidation sites excluding steroid dienone is 8. The Morgan fingerprint density at radius 3 is 1.52 bits per heavy atom. The normalized spacial score (nSPS) is 25.0. The minimum Gasteiger partial charge on any atom is -0.209 e. The van der Waals surface area contributed by atoms with Crippen LogP contribution >= 0.6 is 11.6 Å². The first-order valence-corrected chi connectivity index (χ1v) is 10.8. The maximum Gasteiger partial charge on any atom is 0.164 e. The molecule has 0 saturated carbocycles. The van der Waals surface area contributed by atoms with Gasteiger partial charge in [0.15, 0.2) is 17.5 Å². The van der Waals surface area contributed by atoms with E-state index in [1.54, 1.807) is 0 Å². The molecule has 1 aromatic heterocycles. The van der Waals surface area contributed by atoms with Gasteiger partial charge in [0.05, 0.1) is 0 Å². The van der Waals surface area contributed by atoms with Gasteiger partial charge >= 0.3 is 0 Å². The molecule has 2 aromatic carbocycles. The molecule has 31 heavy (non-hydrogen) atoms. The molecule has 2 unspecified atom stereocenters. The molecule has 6 rings (SSSR count). The Balaban J connectivity index is 1.46. The van der Waals surface area contributed by atoms with Crippen LogP contribution in [0, 0.1) is 10.8 Å². The predicted molar refractivity (Wildman–Crippen MR) is 126 cm³/mol. The largest absolute Gasteiger partial charge is 0.209 e. The van der Waals surface area contributed by atoms with E-state index in [0.717, 1.165) is 44.5 Å².